The van der Waals surface area contributed by atoms with Gasteiger partial charge in [0.1, 0.15) is 25.0 Å². The van der Waals surface area contributed by atoms with Gasteiger partial charge in [-0.2, -0.15) is 0 Å². The molecule has 2 aliphatic rings. The molecule has 188 valence electrons. The lowest BCUT2D eigenvalue weighted by molar-refractivity contribution is -0.135. The van der Waals surface area contributed by atoms with Gasteiger partial charge in [0.15, 0.2) is 0 Å². The molecule has 1 saturated heterocycles. The average Bonchev–Trinajstić information content (AvgIpc) is 3.46. The number of amides is 2. The van der Waals surface area contributed by atoms with Crippen molar-refractivity contribution in [1.82, 2.24) is 24.6 Å². The van der Waals surface area contributed by atoms with Crippen LogP contribution in [-0.2, 0) is 11.2 Å². The molecule has 2 amide bonds. The van der Waals surface area contributed by atoms with Crippen molar-refractivity contribution in [3.05, 3.63) is 72.3 Å². The first-order valence-corrected chi connectivity index (χ1v) is 12.9. The van der Waals surface area contributed by atoms with Gasteiger partial charge in [-0.3, -0.25) is 14.2 Å². The number of fused-ring (bicyclic) bond motifs is 3. The van der Waals surface area contributed by atoms with E-state index in [0.29, 0.717) is 44.1 Å². The third-order valence-electron chi connectivity index (χ3n) is 7.16. The van der Waals surface area contributed by atoms with E-state index in [-0.39, 0.29) is 11.8 Å². The van der Waals surface area contributed by atoms with E-state index < -0.39 is 0 Å². The zero-order valence-electron chi connectivity index (χ0n) is 20.6. The number of carbonyl (C=O) groups is 2. The maximum absolute atomic E-state index is 13.5. The van der Waals surface area contributed by atoms with Gasteiger partial charge in [0.25, 0.3) is 5.91 Å². The number of ether oxygens (including phenoxy) is 1. The molecule has 36 heavy (non-hydrogen) atoms. The van der Waals surface area contributed by atoms with Crippen LogP contribution in [0.4, 0.5) is 0 Å². The highest BCUT2D eigenvalue weighted by atomic mass is 16.5. The Bertz CT molecular complexity index is 1180. The second-order valence-electron chi connectivity index (χ2n) is 9.59. The Balaban J connectivity index is 1.35. The molecule has 0 N–H and O–H groups in total. The van der Waals surface area contributed by atoms with Crippen molar-refractivity contribution in [2.24, 2.45) is 0 Å². The molecule has 0 spiro atoms. The average molecular weight is 488 g/mol. The molecule has 3 aromatic rings. The van der Waals surface area contributed by atoms with E-state index in [1.165, 1.54) is 12.0 Å². The van der Waals surface area contributed by atoms with Gasteiger partial charge >= 0.3 is 0 Å². The van der Waals surface area contributed by atoms with Crippen molar-refractivity contribution in [1.29, 1.82) is 0 Å². The standard InChI is InChI=1S/C28H33N5O3/c34-27-11-5-14-31(28(35)23-7-4-9-25(19-23)32-20-29-30-21-32)16-17-36-26-10-3-6-22(18-26)12-13-24-8-1-2-15-33(24)27/h3-4,6-7,9-10,18-21,24H,1-2,5,8,11-17H2. The number of carbonyl (C=O) groups excluding carboxylic acids is 2. The summed E-state index contributed by atoms with van der Waals surface area (Å²) in [4.78, 5) is 30.6. The zero-order valence-corrected chi connectivity index (χ0v) is 20.6. The lowest BCUT2D eigenvalue weighted by Gasteiger charge is -2.36. The Hall–Kier alpha value is -3.68. The summed E-state index contributed by atoms with van der Waals surface area (Å²) >= 11 is 0. The third kappa shape index (κ3) is 5.75. The fourth-order valence-electron chi connectivity index (χ4n) is 5.22. The highest BCUT2D eigenvalue weighted by Crippen LogP contribution is 2.24. The summed E-state index contributed by atoms with van der Waals surface area (Å²) in [5, 5.41) is 7.71. The summed E-state index contributed by atoms with van der Waals surface area (Å²) < 4.78 is 7.83. The normalized spacial score (nSPS) is 19.6. The van der Waals surface area contributed by atoms with Gasteiger partial charge in [-0.25, -0.2) is 0 Å². The maximum atomic E-state index is 13.5. The van der Waals surface area contributed by atoms with Gasteiger partial charge < -0.3 is 14.5 Å². The van der Waals surface area contributed by atoms with E-state index in [1.54, 1.807) is 22.1 Å². The quantitative estimate of drug-likeness (QED) is 0.548. The van der Waals surface area contributed by atoms with E-state index in [1.807, 2.05) is 36.4 Å². The molecule has 3 heterocycles. The minimum Gasteiger partial charge on any atom is -0.492 e. The molecular weight excluding hydrogens is 454 g/mol. The van der Waals surface area contributed by atoms with Crippen LogP contribution >= 0.6 is 0 Å². The molecule has 0 aliphatic carbocycles. The molecule has 2 aliphatic heterocycles. The van der Waals surface area contributed by atoms with Gasteiger partial charge in [0, 0.05) is 36.8 Å². The van der Waals surface area contributed by atoms with Crippen LogP contribution in [0.15, 0.2) is 61.2 Å². The van der Waals surface area contributed by atoms with Crippen LogP contribution in [0.2, 0.25) is 0 Å². The Morgan fingerprint density at radius 2 is 1.75 bits per heavy atom. The van der Waals surface area contributed by atoms with Gasteiger partial charge in [-0.1, -0.05) is 18.2 Å². The van der Waals surface area contributed by atoms with E-state index in [0.717, 1.165) is 43.7 Å². The first kappa shape index (κ1) is 24.0. The predicted octanol–water partition coefficient (Wildman–Crippen LogP) is 3.90. The highest BCUT2D eigenvalue weighted by Gasteiger charge is 2.26. The summed E-state index contributed by atoms with van der Waals surface area (Å²) in [6.45, 7) is 2.18. The van der Waals surface area contributed by atoms with Crippen LogP contribution in [-0.4, -0.2) is 68.7 Å². The van der Waals surface area contributed by atoms with E-state index in [9.17, 15) is 9.59 Å². The van der Waals surface area contributed by atoms with Gasteiger partial charge in [0.2, 0.25) is 5.91 Å². The summed E-state index contributed by atoms with van der Waals surface area (Å²) in [6, 6.07) is 15.9. The predicted molar refractivity (Wildman–Crippen MR) is 136 cm³/mol. The molecule has 1 aromatic heterocycles. The zero-order chi connectivity index (χ0) is 24.7. The second-order valence-corrected chi connectivity index (χ2v) is 9.59. The molecule has 5 rings (SSSR count). The van der Waals surface area contributed by atoms with Crippen LogP contribution in [0.1, 0.15) is 54.4 Å². The number of piperidine rings is 1. The van der Waals surface area contributed by atoms with Crippen LogP contribution < -0.4 is 4.74 Å². The van der Waals surface area contributed by atoms with Crippen LogP contribution in [0.5, 0.6) is 5.75 Å². The SMILES string of the molecule is O=C(c1cccc(-n2cnnc2)c1)N1CCCC(=O)N2CCCCC2CCc2cccc(c2)OCC1. The summed E-state index contributed by atoms with van der Waals surface area (Å²) in [5.74, 6) is 0.956. The minimum atomic E-state index is -0.0742. The van der Waals surface area contributed by atoms with Crippen molar-refractivity contribution in [2.75, 3.05) is 26.2 Å². The van der Waals surface area contributed by atoms with Crippen molar-refractivity contribution < 1.29 is 14.3 Å². The molecule has 8 nitrogen and oxygen atoms in total. The lowest BCUT2D eigenvalue weighted by Crippen LogP contribution is -2.44. The molecule has 8 heteroatoms. The summed E-state index contributed by atoms with van der Waals surface area (Å²) in [6.07, 6.45) is 9.51. The Morgan fingerprint density at radius 1 is 0.889 bits per heavy atom. The second kappa shape index (κ2) is 11.4. The number of rotatable bonds is 2. The van der Waals surface area contributed by atoms with Crippen LogP contribution in [0, 0.1) is 0 Å². The molecule has 1 fully saturated rings. The van der Waals surface area contributed by atoms with Crippen molar-refractivity contribution >= 4 is 11.8 Å². The number of aromatic nitrogens is 3. The topological polar surface area (TPSA) is 80.6 Å². The molecule has 2 aromatic carbocycles. The van der Waals surface area contributed by atoms with E-state index in [4.69, 9.17) is 4.74 Å². The monoisotopic (exact) mass is 487 g/mol. The Morgan fingerprint density at radius 3 is 2.64 bits per heavy atom. The van der Waals surface area contributed by atoms with E-state index >= 15 is 0 Å². The van der Waals surface area contributed by atoms with Crippen molar-refractivity contribution in [2.45, 2.75) is 51.0 Å². The minimum absolute atomic E-state index is 0.0742. The third-order valence-corrected chi connectivity index (χ3v) is 7.16. The van der Waals surface area contributed by atoms with Crippen molar-refractivity contribution in [3.8, 4) is 11.4 Å². The number of hydrogen-bond donors (Lipinski definition) is 0. The van der Waals surface area contributed by atoms with E-state index in [2.05, 4.69) is 27.2 Å². The molecule has 2 bridgehead atoms. The molecule has 1 atom stereocenters. The number of aryl methyl sites for hydroxylation is 1. The fraction of sp³-hybridized carbons (Fsp3) is 0.429. The van der Waals surface area contributed by atoms with Gasteiger partial charge in [0.05, 0.1) is 6.54 Å². The lowest BCUT2D eigenvalue weighted by atomic mass is 9.95. The highest BCUT2D eigenvalue weighted by molar-refractivity contribution is 5.94. The fourth-order valence-corrected chi connectivity index (χ4v) is 5.22. The Labute approximate surface area is 211 Å². The van der Waals surface area contributed by atoms with Gasteiger partial charge in [-0.05, 0) is 74.4 Å². The number of hydrogen-bond acceptors (Lipinski definition) is 5. The first-order valence-electron chi connectivity index (χ1n) is 12.9. The largest absolute Gasteiger partial charge is 0.492 e. The number of benzene rings is 2. The summed E-state index contributed by atoms with van der Waals surface area (Å²) in [5.41, 5.74) is 2.63. The molecule has 0 radical (unpaired) electrons. The molecular formula is C28H33N5O3. The number of nitrogens with zero attached hydrogens (tertiary/aromatic N) is 5. The summed E-state index contributed by atoms with van der Waals surface area (Å²) in [7, 11) is 0. The van der Waals surface area contributed by atoms with Crippen LogP contribution in [0.25, 0.3) is 5.69 Å². The van der Waals surface area contributed by atoms with Crippen LogP contribution in [0.3, 0.4) is 0 Å². The van der Waals surface area contributed by atoms with Gasteiger partial charge in [-0.15, -0.1) is 10.2 Å². The molecule has 1 unspecified atom stereocenters. The first-order chi connectivity index (χ1) is 17.7. The smallest absolute Gasteiger partial charge is 0.254 e. The molecule has 0 saturated carbocycles. The Kier molecular flexibility index (Phi) is 7.59. The maximum Gasteiger partial charge on any atom is 0.254 e. The van der Waals surface area contributed by atoms with Crippen molar-refractivity contribution in [3.63, 3.8) is 0 Å².